The summed E-state index contributed by atoms with van der Waals surface area (Å²) < 4.78 is 5.90. The second-order valence-electron chi connectivity index (χ2n) is 3.11. The van der Waals surface area contributed by atoms with Gasteiger partial charge in [0.1, 0.15) is 15.4 Å². The zero-order valence-electron chi connectivity index (χ0n) is 9.01. The molecule has 86 valence electrons. The van der Waals surface area contributed by atoms with E-state index in [1.165, 1.54) is 11.3 Å². The third-order valence-electron chi connectivity index (χ3n) is 2.11. The lowest BCUT2D eigenvalue weighted by molar-refractivity contribution is 0.415. The number of hydrogen-bond acceptors (Lipinski definition) is 6. The number of nitrogens with zero attached hydrogens (tertiary/aromatic N) is 2. The first-order valence-corrected chi connectivity index (χ1v) is 6.34. The van der Waals surface area contributed by atoms with Gasteiger partial charge in [-0.15, -0.1) is 0 Å². The molecule has 4 nitrogen and oxygen atoms in total. The normalized spacial score (nSPS) is 9.88. The molecule has 0 radical (unpaired) electrons. The highest BCUT2D eigenvalue weighted by atomic mass is 32.2. The fraction of sp³-hybridized carbons (Fsp3) is 0.0909. The van der Waals surface area contributed by atoms with Crippen molar-refractivity contribution >= 4 is 28.2 Å². The van der Waals surface area contributed by atoms with Gasteiger partial charge in [0, 0.05) is 17.3 Å². The lowest BCUT2D eigenvalue weighted by Crippen LogP contribution is -1.85. The third-order valence-corrected chi connectivity index (χ3v) is 3.76. The zero-order valence-corrected chi connectivity index (χ0v) is 10.6. The van der Waals surface area contributed by atoms with E-state index in [1.807, 2.05) is 29.7 Å². The second-order valence-corrected chi connectivity index (χ2v) is 5.19. The van der Waals surface area contributed by atoms with E-state index in [-0.39, 0.29) is 0 Å². The van der Waals surface area contributed by atoms with Gasteiger partial charge in [-0.2, -0.15) is 5.26 Å². The Labute approximate surface area is 107 Å². The molecule has 0 amide bonds. The summed E-state index contributed by atoms with van der Waals surface area (Å²) in [7, 11) is 1.62. The third kappa shape index (κ3) is 2.52. The fourth-order valence-corrected chi connectivity index (χ4v) is 2.83. The first-order chi connectivity index (χ1) is 8.24. The first-order valence-electron chi connectivity index (χ1n) is 4.71. The van der Waals surface area contributed by atoms with Crippen molar-refractivity contribution in [2.24, 2.45) is 0 Å². The molecular weight excluding hydrogens is 254 g/mol. The minimum Gasteiger partial charge on any atom is -0.497 e. The highest BCUT2D eigenvalue weighted by molar-refractivity contribution is 8.05. The van der Waals surface area contributed by atoms with E-state index < -0.39 is 0 Å². The Morgan fingerprint density at radius 2 is 2.12 bits per heavy atom. The maximum Gasteiger partial charge on any atom is 0.181 e. The fourth-order valence-electron chi connectivity index (χ4n) is 1.36. The molecule has 6 heteroatoms. The van der Waals surface area contributed by atoms with Crippen LogP contribution in [0.4, 0.5) is 5.13 Å². The van der Waals surface area contributed by atoms with Crippen molar-refractivity contribution in [3.05, 3.63) is 24.3 Å². The summed E-state index contributed by atoms with van der Waals surface area (Å²) in [6.07, 6.45) is 0. The topological polar surface area (TPSA) is 71.9 Å². The summed E-state index contributed by atoms with van der Waals surface area (Å²) in [5.74, 6) is 0.784. The van der Waals surface area contributed by atoms with E-state index in [1.54, 1.807) is 7.11 Å². The van der Waals surface area contributed by atoms with Crippen molar-refractivity contribution in [3.63, 3.8) is 0 Å². The van der Waals surface area contributed by atoms with Gasteiger partial charge in [-0.25, -0.2) is 4.98 Å². The Hall–Kier alpha value is -1.71. The summed E-state index contributed by atoms with van der Waals surface area (Å²) >= 11 is 2.40. The summed E-state index contributed by atoms with van der Waals surface area (Å²) in [4.78, 5) is 4.24. The molecular formula is C11H9N3OS2. The molecule has 1 heterocycles. The lowest BCUT2D eigenvalue weighted by atomic mass is 10.2. The highest BCUT2D eigenvalue weighted by Gasteiger charge is 2.12. The number of aromatic nitrogens is 1. The van der Waals surface area contributed by atoms with Crippen molar-refractivity contribution in [1.82, 2.24) is 4.98 Å². The van der Waals surface area contributed by atoms with E-state index >= 15 is 0 Å². The molecule has 0 bridgehead atoms. The average molecular weight is 263 g/mol. The van der Waals surface area contributed by atoms with Crippen LogP contribution in [0.25, 0.3) is 11.3 Å². The SMILES string of the molecule is COc1ccc(-c2nc(N)sc2SC#N)cc1. The number of benzene rings is 1. The minimum atomic E-state index is 0.466. The van der Waals surface area contributed by atoms with Crippen LogP contribution in [0.5, 0.6) is 5.75 Å². The minimum absolute atomic E-state index is 0.466. The number of rotatable bonds is 3. The molecule has 2 N–H and O–H groups in total. The lowest BCUT2D eigenvalue weighted by Gasteiger charge is -2.01. The number of thiocyanates is 1. The maximum atomic E-state index is 8.71. The van der Waals surface area contributed by atoms with Gasteiger partial charge in [-0.3, -0.25) is 0 Å². The van der Waals surface area contributed by atoms with Gasteiger partial charge in [0.15, 0.2) is 5.13 Å². The van der Waals surface area contributed by atoms with Crippen LogP contribution in [0.2, 0.25) is 0 Å². The van der Waals surface area contributed by atoms with Crippen LogP contribution >= 0.6 is 23.1 Å². The summed E-state index contributed by atoms with van der Waals surface area (Å²) in [5, 5.41) is 11.2. The van der Waals surface area contributed by atoms with E-state index in [0.29, 0.717) is 5.13 Å². The van der Waals surface area contributed by atoms with Crippen LogP contribution in [-0.2, 0) is 0 Å². The Morgan fingerprint density at radius 3 is 2.71 bits per heavy atom. The standard InChI is InChI=1S/C11H9N3OS2/c1-15-8-4-2-7(3-5-8)9-10(16-6-12)17-11(13)14-9/h2-5H,1H3,(H2,13,14). The summed E-state index contributed by atoms with van der Waals surface area (Å²) in [5.41, 5.74) is 7.34. The largest absolute Gasteiger partial charge is 0.497 e. The van der Waals surface area contributed by atoms with Gasteiger partial charge in [0.05, 0.1) is 12.8 Å². The van der Waals surface area contributed by atoms with Gasteiger partial charge in [0.25, 0.3) is 0 Å². The van der Waals surface area contributed by atoms with E-state index in [0.717, 1.165) is 33.0 Å². The molecule has 2 rings (SSSR count). The maximum absolute atomic E-state index is 8.71. The van der Waals surface area contributed by atoms with Crippen LogP contribution < -0.4 is 10.5 Å². The molecule has 0 unspecified atom stereocenters. The Morgan fingerprint density at radius 1 is 1.41 bits per heavy atom. The van der Waals surface area contributed by atoms with Crippen LogP contribution in [0.1, 0.15) is 0 Å². The van der Waals surface area contributed by atoms with Crippen molar-refractivity contribution < 1.29 is 4.74 Å². The van der Waals surface area contributed by atoms with E-state index in [9.17, 15) is 0 Å². The Balaban J connectivity index is 2.41. The molecule has 0 aliphatic carbocycles. The van der Waals surface area contributed by atoms with Crippen LogP contribution in [0.15, 0.2) is 28.5 Å². The van der Waals surface area contributed by atoms with Crippen molar-refractivity contribution in [3.8, 4) is 22.4 Å². The van der Waals surface area contributed by atoms with Gasteiger partial charge in [0.2, 0.25) is 0 Å². The Bertz CT molecular complexity index is 557. The molecule has 0 spiro atoms. The number of nitrogen functional groups attached to an aromatic ring is 1. The number of nitrogens with two attached hydrogens (primary N) is 1. The van der Waals surface area contributed by atoms with E-state index in [4.69, 9.17) is 15.7 Å². The number of thioether (sulfide) groups is 1. The van der Waals surface area contributed by atoms with Crippen LogP contribution in [-0.4, -0.2) is 12.1 Å². The van der Waals surface area contributed by atoms with Crippen molar-refractivity contribution in [2.75, 3.05) is 12.8 Å². The molecule has 0 atom stereocenters. The average Bonchev–Trinajstić information content (AvgIpc) is 2.71. The number of thiazole rings is 1. The quantitative estimate of drug-likeness (QED) is 0.681. The zero-order chi connectivity index (χ0) is 12.3. The highest BCUT2D eigenvalue weighted by Crippen LogP contribution is 2.37. The van der Waals surface area contributed by atoms with Gasteiger partial charge in [-0.05, 0) is 24.3 Å². The predicted octanol–water partition coefficient (Wildman–Crippen LogP) is 2.97. The molecule has 0 aliphatic rings. The van der Waals surface area contributed by atoms with Crippen molar-refractivity contribution in [2.45, 2.75) is 4.21 Å². The molecule has 0 aliphatic heterocycles. The molecule has 1 aromatic heterocycles. The predicted molar refractivity (Wildman–Crippen MR) is 70.0 cm³/mol. The molecule has 2 aromatic rings. The van der Waals surface area contributed by atoms with E-state index in [2.05, 4.69) is 4.98 Å². The Kier molecular flexibility index (Phi) is 3.52. The van der Waals surface area contributed by atoms with Gasteiger partial charge in [-0.1, -0.05) is 11.3 Å². The number of nitriles is 1. The molecule has 17 heavy (non-hydrogen) atoms. The molecule has 1 aromatic carbocycles. The number of methoxy groups -OCH3 is 1. The molecule has 0 fully saturated rings. The number of ether oxygens (including phenoxy) is 1. The number of hydrogen-bond donors (Lipinski definition) is 1. The second kappa shape index (κ2) is 5.08. The molecule has 0 saturated heterocycles. The monoisotopic (exact) mass is 263 g/mol. The number of anilines is 1. The van der Waals surface area contributed by atoms with Gasteiger partial charge >= 0.3 is 0 Å². The summed E-state index contributed by atoms with van der Waals surface area (Å²) in [6.45, 7) is 0. The van der Waals surface area contributed by atoms with Crippen LogP contribution in [0.3, 0.4) is 0 Å². The van der Waals surface area contributed by atoms with Crippen LogP contribution in [0, 0.1) is 10.7 Å². The summed E-state index contributed by atoms with van der Waals surface area (Å²) in [6, 6.07) is 7.50. The van der Waals surface area contributed by atoms with Gasteiger partial charge < -0.3 is 10.5 Å². The van der Waals surface area contributed by atoms with Crippen molar-refractivity contribution in [1.29, 1.82) is 5.26 Å². The molecule has 0 saturated carbocycles. The smallest absolute Gasteiger partial charge is 0.181 e. The first kappa shape index (κ1) is 11.8.